The van der Waals surface area contributed by atoms with Crippen molar-refractivity contribution in [2.45, 2.75) is 5.41 Å². The summed E-state index contributed by atoms with van der Waals surface area (Å²) in [7, 11) is 1.46. The minimum atomic E-state index is -1.39. The molecule has 98 valence electrons. The van der Waals surface area contributed by atoms with Crippen molar-refractivity contribution >= 4 is 5.97 Å². The van der Waals surface area contributed by atoms with E-state index in [2.05, 4.69) is 9.97 Å². The lowest BCUT2D eigenvalue weighted by atomic mass is 9.80. The summed E-state index contributed by atoms with van der Waals surface area (Å²) in [6, 6.07) is 10.5. The molecule has 1 heterocycles. The molecular weight excluding hydrogens is 244 g/mol. The van der Waals surface area contributed by atoms with Gasteiger partial charge < -0.3 is 9.84 Å². The number of hydrogen-bond acceptors (Lipinski definition) is 4. The maximum absolute atomic E-state index is 11.9. The molecule has 0 aliphatic heterocycles. The van der Waals surface area contributed by atoms with Crippen LogP contribution in [0.1, 0.15) is 11.4 Å². The summed E-state index contributed by atoms with van der Waals surface area (Å²) in [6.07, 6.45) is 3.05. The van der Waals surface area contributed by atoms with Gasteiger partial charge in [-0.15, -0.1) is 0 Å². The fourth-order valence-electron chi connectivity index (χ4n) is 2.02. The zero-order valence-electron chi connectivity index (χ0n) is 10.5. The zero-order chi connectivity index (χ0) is 13.7. The highest BCUT2D eigenvalue weighted by molar-refractivity contribution is 5.85. The Morgan fingerprint density at radius 3 is 2.37 bits per heavy atom. The third-order valence-corrected chi connectivity index (χ3v) is 2.94. The first kappa shape index (κ1) is 13.2. The Kier molecular flexibility index (Phi) is 3.87. The van der Waals surface area contributed by atoms with E-state index in [-0.39, 0.29) is 12.4 Å². The highest BCUT2D eigenvalue weighted by Gasteiger charge is 2.45. The van der Waals surface area contributed by atoms with E-state index in [1.807, 2.05) is 6.07 Å². The van der Waals surface area contributed by atoms with Crippen LogP contribution < -0.4 is 0 Å². The number of nitrogens with zero attached hydrogens (tertiary/aromatic N) is 2. The van der Waals surface area contributed by atoms with Gasteiger partial charge in [0.25, 0.3) is 0 Å². The molecule has 1 unspecified atom stereocenters. The van der Waals surface area contributed by atoms with E-state index in [0.717, 1.165) is 0 Å². The molecule has 5 nitrogen and oxygen atoms in total. The lowest BCUT2D eigenvalue weighted by Gasteiger charge is -2.27. The van der Waals surface area contributed by atoms with Gasteiger partial charge in [-0.1, -0.05) is 30.3 Å². The Balaban J connectivity index is 2.65. The topological polar surface area (TPSA) is 72.3 Å². The number of hydrogen-bond donors (Lipinski definition) is 1. The second-order valence-electron chi connectivity index (χ2n) is 4.08. The van der Waals surface area contributed by atoms with Crippen LogP contribution in [0.5, 0.6) is 0 Å². The molecule has 1 N–H and O–H groups in total. The van der Waals surface area contributed by atoms with E-state index in [1.54, 1.807) is 30.3 Å². The van der Waals surface area contributed by atoms with Gasteiger partial charge in [0.1, 0.15) is 0 Å². The van der Waals surface area contributed by atoms with Gasteiger partial charge in [0.05, 0.1) is 6.61 Å². The number of benzene rings is 1. The quantitative estimate of drug-likeness (QED) is 0.879. The number of carboxylic acid groups (broad SMARTS) is 1. The van der Waals surface area contributed by atoms with Gasteiger partial charge in [0.15, 0.2) is 11.2 Å². The van der Waals surface area contributed by atoms with Crippen LogP contribution in [0.2, 0.25) is 0 Å². The van der Waals surface area contributed by atoms with Crippen molar-refractivity contribution < 1.29 is 14.6 Å². The summed E-state index contributed by atoms with van der Waals surface area (Å²) in [5.74, 6) is -0.817. The maximum atomic E-state index is 11.9. The first-order chi connectivity index (χ1) is 9.21. The van der Waals surface area contributed by atoms with Crippen molar-refractivity contribution in [3.8, 4) is 0 Å². The summed E-state index contributed by atoms with van der Waals surface area (Å²) in [5, 5.41) is 9.70. The summed E-state index contributed by atoms with van der Waals surface area (Å²) >= 11 is 0. The zero-order valence-corrected chi connectivity index (χ0v) is 10.5. The molecule has 0 bridgehead atoms. The minimum Gasteiger partial charge on any atom is -0.480 e. The van der Waals surface area contributed by atoms with E-state index in [4.69, 9.17) is 4.74 Å². The van der Waals surface area contributed by atoms with Crippen LogP contribution in [0.3, 0.4) is 0 Å². The lowest BCUT2D eigenvalue weighted by molar-refractivity contribution is -0.144. The first-order valence-electron chi connectivity index (χ1n) is 5.77. The molecule has 2 aromatic rings. The van der Waals surface area contributed by atoms with E-state index in [1.165, 1.54) is 19.5 Å². The Morgan fingerprint density at radius 2 is 1.84 bits per heavy atom. The molecule has 1 aromatic heterocycles. The minimum absolute atomic E-state index is 0.0314. The highest BCUT2D eigenvalue weighted by Crippen LogP contribution is 2.30. The van der Waals surface area contributed by atoms with Gasteiger partial charge in [0, 0.05) is 19.5 Å². The van der Waals surface area contributed by atoms with Crippen LogP contribution in [-0.2, 0) is 14.9 Å². The molecular formula is C14H14N2O3. The Hall–Kier alpha value is -2.27. The average Bonchev–Trinajstić information content (AvgIpc) is 2.46. The molecule has 0 radical (unpaired) electrons. The molecule has 0 fully saturated rings. The van der Waals surface area contributed by atoms with Crippen molar-refractivity contribution in [2.24, 2.45) is 0 Å². The molecule has 19 heavy (non-hydrogen) atoms. The average molecular weight is 258 g/mol. The van der Waals surface area contributed by atoms with Crippen LogP contribution in [-0.4, -0.2) is 34.8 Å². The Bertz CT molecular complexity index is 504. The largest absolute Gasteiger partial charge is 0.480 e. The second-order valence-corrected chi connectivity index (χ2v) is 4.08. The number of rotatable bonds is 5. The van der Waals surface area contributed by atoms with Crippen LogP contribution in [0.15, 0.2) is 48.8 Å². The molecule has 1 atom stereocenters. The third-order valence-electron chi connectivity index (χ3n) is 2.94. The fourth-order valence-corrected chi connectivity index (χ4v) is 2.02. The summed E-state index contributed by atoms with van der Waals surface area (Å²) in [5.41, 5.74) is -0.798. The highest BCUT2D eigenvalue weighted by atomic mass is 16.5. The summed E-state index contributed by atoms with van der Waals surface area (Å²) in [6.45, 7) is -0.0314. The molecule has 0 amide bonds. The smallest absolute Gasteiger partial charge is 0.324 e. The molecule has 2 rings (SSSR count). The van der Waals surface area contributed by atoms with Gasteiger partial charge in [0.2, 0.25) is 0 Å². The first-order valence-corrected chi connectivity index (χ1v) is 5.77. The third kappa shape index (κ3) is 2.32. The van der Waals surface area contributed by atoms with Gasteiger partial charge in [-0.25, -0.2) is 9.97 Å². The number of aliphatic carboxylic acids is 1. The molecule has 5 heteroatoms. The molecule has 0 spiro atoms. The molecule has 0 aliphatic carbocycles. The van der Waals surface area contributed by atoms with Gasteiger partial charge >= 0.3 is 5.97 Å². The van der Waals surface area contributed by atoms with Crippen LogP contribution in [0.25, 0.3) is 0 Å². The van der Waals surface area contributed by atoms with E-state index in [9.17, 15) is 9.90 Å². The number of methoxy groups -OCH3 is 1. The van der Waals surface area contributed by atoms with E-state index in [0.29, 0.717) is 5.56 Å². The van der Waals surface area contributed by atoms with Crippen molar-refractivity contribution in [2.75, 3.05) is 13.7 Å². The van der Waals surface area contributed by atoms with Crippen molar-refractivity contribution in [3.63, 3.8) is 0 Å². The monoisotopic (exact) mass is 258 g/mol. The van der Waals surface area contributed by atoms with Crippen molar-refractivity contribution in [1.82, 2.24) is 9.97 Å². The lowest BCUT2D eigenvalue weighted by Crippen LogP contribution is -2.43. The summed E-state index contributed by atoms with van der Waals surface area (Å²) < 4.78 is 5.12. The van der Waals surface area contributed by atoms with Gasteiger partial charge in [-0.2, -0.15) is 0 Å². The van der Waals surface area contributed by atoms with Crippen molar-refractivity contribution in [1.29, 1.82) is 0 Å². The van der Waals surface area contributed by atoms with Crippen molar-refractivity contribution in [3.05, 3.63) is 60.2 Å². The van der Waals surface area contributed by atoms with Gasteiger partial charge in [-0.05, 0) is 11.6 Å². The summed E-state index contributed by atoms with van der Waals surface area (Å²) in [4.78, 5) is 20.0. The number of ether oxygens (including phenoxy) is 1. The normalized spacial score (nSPS) is 13.7. The molecule has 0 aliphatic rings. The second kappa shape index (κ2) is 5.58. The molecule has 1 aromatic carbocycles. The van der Waals surface area contributed by atoms with Crippen LogP contribution >= 0.6 is 0 Å². The Labute approximate surface area is 110 Å². The standard InChI is InChI=1S/C14H14N2O3/c1-19-10-14(13(17)18,11-6-3-2-4-7-11)12-15-8-5-9-16-12/h2-9H,10H2,1H3,(H,17,18). The van der Waals surface area contributed by atoms with E-state index < -0.39 is 11.4 Å². The predicted octanol–water partition coefficient (Wildman–Crippen LogP) is 1.49. The fraction of sp³-hybridized carbons (Fsp3) is 0.214. The number of carboxylic acids is 1. The van der Waals surface area contributed by atoms with Crippen LogP contribution in [0.4, 0.5) is 0 Å². The number of aromatic nitrogens is 2. The SMILES string of the molecule is COCC(C(=O)O)(c1ccccc1)c1ncccn1. The van der Waals surface area contributed by atoms with E-state index >= 15 is 0 Å². The van der Waals surface area contributed by atoms with Gasteiger partial charge in [-0.3, -0.25) is 4.79 Å². The molecule has 0 saturated heterocycles. The Morgan fingerprint density at radius 1 is 1.21 bits per heavy atom. The maximum Gasteiger partial charge on any atom is 0.324 e. The van der Waals surface area contributed by atoms with Crippen LogP contribution in [0, 0.1) is 0 Å². The predicted molar refractivity (Wildman–Crippen MR) is 68.8 cm³/mol. The number of carbonyl (C=O) groups is 1. The molecule has 0 saturated carbocycles.